The van der Waals surface area contributed by atoms with Crippen molar-refractivity contribution in [1.82, 2.24) is 4.90 Å². The molecule has 2 atom stereocenters. The molecular weight excluding hydrogens is 471 g/mol. The van der Waals surface area contributed by atoms with Crippen molar-refractivity contribution in [2.75, 3.05) is 52.0 Å². The van der Waals surface area contributed by atoms with Crippen LogP contribution in [-0.2, 0) is 20.9 Å². The number of amides is 2. The van der Waals surface area contributed by atoms with Gasteiger partial charge in [-0.3, -0.25) is 4.79 Å². The monoisotopic (exact) mass is 502 g/mol. The Morgan fingerprint density at radius 2 is 2.06 bits per heavy atom. The second kappa shape index (κ2) is 11.6. The zero-order valence-electron chi connectivity index (χ0n) is 20.4. The van der Waals surface area contributed by atoms with Crippen LogP contribution in [0.5, 0.6) is 11.5 Å². The molecule has 1 saturated heterocycles. The van der Waals surface area contributed by atoms with Crippen molar-refractivity contribution in [2.24, 2.45) is 0 Å². The first-order valence-electron chi connectivity index (χ1n) is 11.9. The number of fused-ring (bicyclic) bond motifs is 1. The van der Waals surface area contributed by atoms with Crippen molar-refractivity contribution in [3.05, 3.63) is 53.3 Å². The van der Waals surface area contributed by atoms with Gasteiger partial charge in [0.2, 0.25) is 0 Å². The first kappa shape index (κ1) is 25.7. The minimum Gasteiger partial charge on any atom is -0.494 e. The number of anilines is 1. The maximum absolute atomic E-state index is 14.4. The zero-order valence-corrected chi connectivity index (χ0v) is 20.4. The van der Waals surface area contributed by atoms with Crippen LogP contribution < -0.4 is 14.4 Å². The summed E-state index contributed by atoms with van der Waals surface area (Å²) in [6.45, 7) is 1.74. The number of hydrogen-bond acceptors (Lipinski definition) is 6. The maximum Gasteiger partial charge on any atom is 0.407 e. The molecule has 0 radical (unpaired) electrons. The summed E-state index contributed by atoms with van der Waals surface area (Å²) in [6.07, 6.45) is -0.300. The number of likely N-dealkylation sites (tertiary alicyclic amines) is 1. The lowest BCUT2D eigenvalue weighted by atomic mass is 9.87. The van der Waals surface area contributed by atoms with E-state index in [1.165, 1.54) is 18.1 Å². The number of nitrogens with zero attached hydrogens (tertiary/aromatic N) is 2. The summed E-state index contributed by atoms with van der Waals surface area (Å²) in [4.78, 5) is 27.1. The minimum absolute atomic E-state index is 0.0109. The molecule has 0 aromatic heterocycles. The van der Waals surface area contributed by atoms with Crippen LogP contribution in [0.15, 0.2) is 36.4 Å². The molecule has 9 nitrogen and oxygen atoms in total. The van der Waals surface area contributed by atoms with E-state index < -0.39 is 18.0 Å². The molecule has 1 N–H and O–H groups in total. The van der Waals surface area contributed by atoms with Gasteiger partial charge < -0.3 is 33.9 Å². The van der Waals surface area contributed by atoms with Gasteiger partial charge in [0.05, 0.1) is 32.1 Å². The number of benzene rings is 2. The van der Waals surface area contributed by atoms with Crippen LogP contribution in [0.3, 0.4) is 0 Å². The quantitative estimate of drug-likeness (QED) is 0.523. The average Bonchev–Trinajstić information content (AvgIpc) is 2.88. The molecule has 194 valence electrons. The van der Waals surface area contributed by atoms with E-state index in [0.29, 0.717) is 44.0 Å². The Hall–Kier alpha value is -3.37. The molecule has 0 spiro atoms. The normalized spacial score (nSPS) is 19.6. The Morgan fingerprint density at radius 3 is 2.78 bits per heavy atom. The summed E-state index contributed by atoms with van der Waals surface area (Å²) >= 11 is 0. The standard InChI is InChI=1S/C26H31FN2O7/c1-33-11-3-9-29-21-12-17(4-6-23(21)36-16-25(29)30)15-35-24-14-28(26(31)32)10-8-19(24)18-5-7-22(34-2)20(27)13-18/h4-7,12-13,19,24H,3,8-11,14-16H2,1-2H3,(H,31,32). The maximum atomic E-state index is 14.4. The third-order valence-corrected chi connectivity index (χ3v) is 6.59. The van der Waals surface area contributed by atoms with Gasteiger partial charge in [-0.05, 0) is 48.2 Å². The molecule has 1 fully saturated rings. The summed E-state index contributed by atoms with van der Waals surface area (Å²) < 4.78 is 36.4. The molecule has 2 unspecified atom stereocenters. The van der Waals surface area contributed by atoms with Gasteiger partial charge >= 0.3 is 6.09 Å². The Balaban J connectivity index is 1.52. The second-order valence-electron chi connectivity index (χ2n) is 8.85. The van der Waals surface area contributed by atoms with E-state index in [1.54, 1.807) is 24.1 Å². The number of carboxylic acid groups (broad SMARTS) is 1. The van der Waals surface area contributed by atoms with Crippen LogP contribution in [0.2, 0.25) is 0 Å². The molecule has 36 heavy (non-hydrogen) atoms. The smallest absolute Gasteiger partial charge is 0.407 e. The average molecular weight is 503 g/mol. The van der Waals surface area contributed by atoms with Crippen molar-refractivity contribution in [3.63, 3.8) is 0 Å². The van der Waals surface area contributed by atoms with Crippen LogP contribution in [0.4, 0.5) is 14.9 Å². The summed E-state index contributed by atoms with van der Waals surface area (Å²) in [5.74, 6) is -0.00351. The van der Waals surface area contributed by atoms with Crippen LogP contribution in [-0.4, -0.2) is 75.2 Å². The van der Waals surface area contributed by atoms with Gasteiger partial charge in [-0.1, -0.05) is 12.1 Å². The lowest BCUT2D eigenvalue weighted by Crippen LogP contribution is -2.46. The van der Waals surface area contributed by atoms with E-state index in [-0.39, 0.29) is 37.3 Å². The fourth-order valence-corrected chi connectivity index (χ4v) is 4.71. The number of carbonyl (C=O) groups excluding carboxylic acids is 1. The van der Waals surface area contributed by atoms with Gasteiger partial charge in [0, 0.05) is 32.7 Å². The van der Waals surface area contributed by atoms with Gasteiger partial charge in [0.15, 0.2) is 18.2 Å². The fourth-order valence-electron chi connectivity index (χ4n) is 4.71. The number of piperidine rings is 1. The van der Waals surface area contributed by atoms with Gasteiger partial charge in [0.25, 0.3) is 5.91 Å². The molecular formula is C26H31FN2O7. The van der Waals surface area contributed by atoms with Crippen LogP contribution >= 0.6 is 0 Å². The summed E-state index contributed by atoms with van der Waals surface area (Å²) in [7, 11) is 3.03. The third kappa shape index (κ3) is 5.71. The largest absolute Gasteiger partial charge is 0.494 e. The second-order valence-corrected chi connectivity index (χ2v) is 8.85. The number of hydrogen-bond donors (Lipinski definition) is 1. The topological polar surface area (TPSA) is 97.8 Å². The van der Waals surface area contributed by atoms with Crippen molar-refractivity contribution >= 4 is 17.7 Å². The molecule has 0 aliphatic carbocycles. The van der Waals surface area contributed by atoms with Gasteiger partial charge in [0.1, 0.15) is 5.75 Å². The molecule has 2 aliphatic heterocycles. The third-order valence-electron chi connectivity index (χ3n) is 6.59. The predicted molar refractivity (Wildman–Crippen MR) is 129 cm³/mol. The molecule has 10 heteroatoms. The van der Waals surface area contributed by atoms with Gasteiger partial charge in [-0.15, -0.1) is 0 Å². The molecule has 2 aromatic rings. The van der Waals surface area contributed by atoms with E-state index in [9.17, 15) is 19.1 Å². The number of halogens is 1. The van der Waals surface area contributed by atoms with E-state index in [1.807, 2.05) is 18.2 Å². The molecule has 0 bridgehead atoms. The molecule has 4 rings (SSSR count). The van der Waals surface area contributed by atoms with Crippen molar-refractivity contribution in [2.45, 2.75) is 31.5 Å². The van der Waals surface area contributed by atoms with E-state index in [2.05, 4.69) is 0 Å². The van der Waals surface area contributed by atoms with Crippen molar-refractivity contribution in [3.8, 4) is 11.5 Å². The Bertz CT molecular complexity index is 1100. The molecule has 2 amide bonds. The van der Waals surface area contributed by atoms with Crippen molar-refractivity contribution < 1.29 is 38.0 Å². The number of methoxy groups -OCH3 is 2. The highest BCUT2D eigenvalue weighted by atomic mass is 19.1. The lowest BCUT2D eigenvalue weighted by molar-refractivity contribution is -0.121. The minimum atomic E-state index is -1.01. The Labute approximate surface area is 209 Å². The molecule has 0 saturated carbocycles. The summed E-state index contributed by atoms with van der Waals surface area (Å²) in [5.41, 5.74) is 2.22. The summed E-state index contributed by atoms with van der Waals surface area (Å²) in [5, 5.41) is 9.52. The number of rotatable bonds is 9. The summed E-state index contributed by atoms with van der Waals surface area (Å²) in [6, 6.07) is 10.3. The van der Waals surface area contributed by atoms with Gasteiger partial charge in [-0.25, -0.2) is 9.18 Å². The van der Waals surface area contributed by atoms with E-state index in [0.717, 1.165) is 11.1 Å². The van der Waals surface area contributed by atoms with Crippen LogP contribution in [0.25, 0.3) is 0 Å². The fraction of sp³-hybridized carbons (Fsp3) is 0.462. The van der Waals surface area contributed by atoms with Gasteiger partial charge in [-0.2, -0.15) is 0 Å². The Morgan fingerprint density at radius 1 is 1.22 bits per heavy atom. The highest BCUT2D eigenvalue weighted by Crippen LogP contribution is 2.36. The molecule has 2 aromatic carbocycles. The van der Waals surface area contributed by atoms with E-state index in [4.69, 9.17) is 18.9 Å². The first-order chi connectivity index (χ1) is 17.4. The Kier molecular flexibility index (Phi) is 8.27. The SMILES string of the molecule is COCCCN1C(=O)COc2ccc(COC3CN(C(=O)O)CCC3c3ccc(OC)c(F)c3)cc21. The zero-order chi connectivity index (χ0) is 25.7. The van der Waals surface area contributed by atoms with Crippen LogP contribution in [0, 0.1) is 5.82 Å². The molecule has 2 heterocycles. The number of ether oxygens (including phenoxy) is 4. The van der Waals surface area contributed by atoms with Crippen molar-refractivity contribution in [1.29, 1.82) is 0 Å². The predicted octanol–water partition coefficient (Wildman–Crippen LogP) is 3.65. The highest BCUT2D eigenvalue weighted by Gasteiger charge is 2.34. The van der Waals surface area contributed by atoms with Crippen LogP contribution in [0.1, 0.15) is 29.9 Å². The number of carbonyl (C=O) groups is 2. The first-order valence-corrected chi connectivity index (χ1v) is 11.9. The van der Waals surface area contributed by atoms with E-state index >= 15 is 0 Å². The highest BCUT2D eigenvalue weighted by molar-refractivity contribution is 5.97. The molecule has 2 aliphatic rings. The lowest BCUT2D eigenvalue weighted by Gasteiger charge is -2.37.